The zero-order valence-electron chi connectivity index (χ0n) is 12.0. The van der Waals surface area contributed by atoms with Crippen molar-refractivity contribution in [1.82, 2.24) is 0 Å². The van der Waals surface area contributed by atoms with Gasteiger partial charge in [0.25, 0.3) is 0 Å². The van der Waals surface area contributed by atoms with E-state index in [1.807, 2.05) is 50.2 Å². The minimum Gasteiger partial charge on any atom is -0.385 e. The summed E-state index contributed by atoms with van der Waals surface area (Å²) in [6.45, 7) is 5.04. The van der Waals surface area contributed by atoms with E-state index < -0.39 is 0 Å². The van der Waals surface area contributed by atoms with Gasteiger partial charge in [-0.25, -0.2) is 0 Å². The van der Waals surface area contributed by atoms with E-state index >= 15 is 0 Å². The molecule has 0 saturated heterocycles. The first kappa shape index (κ1) is 12.9. The Morgan fingerprint density at radius 3 is 2.80 bits per heavy atom. The molecule has 0 aromatic heterocycles. The van der Waals surface area contributed by atoms with Crippen LogP contribution in [0.15, 0.2) is 36.4 Å². The van der Waals surface area contributed by atoms with E-state index in [1.54, 1.807) is 0 Å². The summed E-state index contributed by atoms with van der Waals surface area (Å²) in [6, 6.07) is 12.1. The van der Waals surface area contributed by atoms with Gasteiger partial charge in [0.15, 0.2) is 5.78 Å². The standard InChI is InChI=1S/C18H19NO/c1-12-5-6-13(2)16(10-12)18(20)15-7-8-17-14(11-15)4-3-9-19-17/h5-8,10-11,19H,3-4,9H2,1-2H3. The predicted octanol–water partition coefficient (Wildman–Crippen LogP) is 3.89. The number of benzene rings is 2. The van der Waals surface area contributed by atoms with E-state index in [1.165, 1.54) is 11.3 Å². The van der Waals surface area contributed by atoms with Gasteiger partial charge in [0, 0.05) is 23.4 Å². The zero-order chi connectivity index (χ0) is 14.1. The first-order valence-electron chi connectivity index (χ1n) is 7.14. The summed E-state index contributed by atoms with van der Waals surface area (Å²) < 4.78 is 0. The molecule has 2 nitrogen and oxygen atoms in total. The zero-order valence-corrected chi connectivity index (χ0v) is 12.0. The van der Waals surface area contributed by atoms with E-state index in [2.05, 4.69) is 5.32 Å². The number of fused-ring (bicyclic) bond motifs is 1. The molecule has 2 aromatic rings. The summed E-state index contributed by atoms with van der Waals surface area (Å²) in [6.07, 6.45) is 2.18. The number of aryl methyl sites for hydroxylation is 3. The summed E-state index contributed by atoms with van der Waals surface area (Å²) in [5.41, 5.74) is 6.20. The molecule has 2 aromatic carbocycles. The van der Waals surface area contributed by atoms with Crippen LogP contribution in [0.4, 0.5) is 5.69 Å². The van der Waals surface area contributed by atoms with Crippen molar-refractivity contribution in [3.05, 3.63) is 64.2 Å². The molecule has 0 aliphatic carbocycles. The second-order valence-electron chi connectivity index (χ2n) is 5.55. The molecular weight excluding hydrogens is 246 g/mol. The molecule has 0 fully saturated rings. The molecule has 1 aliphatic rings. The van der Waals surface area contributed by atoms with Gasteiger partial charge in [-0.1, -0.05) is 17.7 Å². The fourth-order valence-corrected chi connectivity index (χ4v) is 2.75. The van der Waals surface area contributed by atoms with Crippen molar-refractivity contribution >= 4 is 11.5 Å². The van der Waals surface area contributed by atoms with Gasteiger partial charge in [0.1, 0.15) is 0 Å². The highest BCUT2D eigenvalue weighted by Crippen LogP contribution is 2.25. The molecule has 0 amide bonds. The Balaban J connectivity index is 2.00. The van der Waals surface area contributed by atoms with Crippen LogP contribution in [0.25, 0.3) is 0 Å². The van der Waals surface area contributed by atoms with Gasteiger partial charge in [-0.3, -0.25) is 4.79 Å². The second-order valence-corrected chi connectivity index (χ2v) is 5.55. The third-order valence-electron chi connectivity index (χ3n) is 3.94. The van der Waals surface area contributed by atoms with Crippen LogP contribution in [-0.4, -0.2) is 12.3 Å². The molecule has 1 heterocycles. The van der Waals surface area contributed by atoms with E-state index in [0.717, 1.165) is 41.6 Å². The van der Waals surface area contributed by atoms with Gasteiger partial charge in [-0.05, 0) is 62.1 Å². The monoisotopic (exact) mass is 265 g/mol. The van der Waals surface area contributed by atoms with E-state index in [4.69, 9.17) is 0 Å². The number of rotatable bonds is 2. The van der Waals surface area contributed by atoms with Crippen LogP contribution in [0.5, 0.6) is 0 Å². The lowest BCUT2D eigenvalue weighted by atomic mass is 9.94. The predicted molar refractivity (Wildman–Crippen MR) is 82.6 cm³/mol. The van der Waals surface area contributed by atoms with Crippen LogP contribution >= 0.6 is 0 Å². The molecule has 2 heteroatoms. The van der Waals surface area contributed by atoms with Crippen LogP contribution in [0.2, 0.25) is 0 Å². The molecule has 0 spiro atoms. The first-order chi connectivity index (χ1) is 9.65. The van der Waals surface area contributed by atoms with Gasteiger partial charge in [0.2, 0.25) is 0 Å². The van der Waals surface area contributed by atoms with E-state index in [9.17, 15) is 4.79 Å². The van der Waals surface area contributed by atoms with Crippen molar-refractivity contribution in [3.8, 4) is 0 Å². The molecule has 1 N–H and O–H groups in total. The van der Waals surface area contributed by atoms with Crippen molar-refractivity contribution in [1.29, 1.82) is 0 Å². The lowest BCUT2D eigenvalue weighted by molar-refractivity contribution is 0.103. The lowest BCUT2D eigenvalue weighted by Crippen LogP contribution is -2.13. The van der Waals surface area contributed by atoms with Crippen LogP contribution in [0.3, 0.4) is 0 Å². The molecule has 0 radical (unpaired) electrons. The number of carbonyl (C=O) groups excluding carboxylic acids is 1. The Labute approximate surface area is 119 Å². The normalized spacial score (nSPS) is 13.5. The number of ketones is 1. The third kappa shape index (κ3) is 2.34. The molecular formula is C18H19NO. The van der Waals surface area contributed by atoms with E-state index in [-0.39, 0.29) is 5.78 Å². The first-order valence-corrected chi connectivity index (χ1v) is 7.14. The van der Waals surface area contributed by atoms with Gasteiger partial charge in [0.05, 0.1) is 0 Å². The van der Waals surface area contributed by atoms with Gasteiger partial charge >= 0.3 is 0 Å². The summed E-state index contributed by atoms with van der Waals surface area (Å²) >= 11 is 0. The van der Waals surface area contributed by atoms with Gasteiger partial charge in [-0.2, -0.15) is 0 Å². The summed E-state index contributed by atoms with van der Waals surface area (Å²) in [5.74, 6) is 0.125. The van der Waals surface area contributed by atoms with Crippen LogP contribution in [0.1, 0.15) is 39.0 Å². The molecule has 0 atom stereocenters. The topological polar surface area (TPSA) is 29.1 Å². The Hall–Kier alpha value is -2.09. The Morgan fingerprint density at radius 2 is 1.95 bits per heavy atom. The number of hydrogen-bond donors (Lipinski definition) is 1. The summed E-state index contributed by atoms with van der Waals surface area (Å²) in [5, 5.41) is 3.38. The largest absolute Gasteiger partial charge is 0.385 e. The summed E-state index contributed by atoms with van der Waals surface area (Å²) in [7, 11) is 0. The lowest BCUT2D eigenvalue weighted by Gasteiger charge is -2.18. The fraction of sp³-hybridized carbons (Fsp3) is 0.278. The quantitative estimate of drug-likeness (QED) is 0.835. The SMILES string of the molecule is Cc1ccc(C)c(C(=O)c2ccc3c(c2)CCCN3)c1. The Kier molecular flexibility index (Phi) is 3.31. The van der Waals surface area contributed by atoms with Crippen molar-refractivity contribution < 1.29 is 4.79 Å². The maximum absolute atomic E-state index is 12.7. The van der Waals surface area contributed by atoms with Crippen LogP contribution < -0.4 is 5.32 Å². The highest BCUT2D eigenvalue weighted by Gasteiger charge is 2.15. The molecule has 20 heavy (non-hydrogen) atoms. The molecule has 0 saturated carbocycles. The highest BCUT2D eigenvalue weighted by atomic mass is 16.1. The number of carbonyl (C=O) groups is 1. The average Bonchev–Trinajstić information content (AvgIpc) is 2.48. The number of hydrogen-bond acceptors (Lipinski definition) is 2. The second kappa shape index (κ2) is 5.12. The highest BCUT2D eigenvalue weighted by molar-refractivity contribution is 6.10. The molecule has 102 valence electrons. The van der Waals surface area contributed by atoms with Gasteiger partial charge < -0.3 is 5.32 Å². The molecule has 1 aliphatic heterocycles. The minimum absolute atomic E-state index is 0.125. The number of anilines is 1. The third-order valence-corrected chi connectivity index (χ3v) is 3.94. The van der Waals surface area contributed by atoms with Crippen molar-refractivity contribution in [3.63, 3.8) is 0 Å². The van der Waals surface area contributed by atoms with Crippen LogP contribution in [-0.2, 0) is 6.42 Å². The fourth-order valence-electron chi connectivity index (χ4n) is 2.75. The molecule has 3 rings (SSSR count). The molecule has 0 bridgehead atoms. The van der Waals surface area contributed by atoms with Gasteiger partial charge in [-0.15, -0.1) is 0 Å². The Morgan fingerprint density at radius 1 is 1.10 bits per heavy atom. The molecule has 0 unspecified atom stereocenters. The minimum atomic E-state index is 0.125. The van der Waals surface area contributed by atoms with E-state index in [0.29, 0.717) is 0 Å². The average molecular weight is 265 g/mol. The maximum Gasteiger partial charge on any atom is 0.193 e. The maximum atomic E-state index is 12.7. The van der Waals surface area contributed by atoms with Crippen molar-refractivity contribution in [2.45, 2.75) is 26.7 Å². The number of nitrogens with one attached hydrogen (secondary N) is 1. The van der Waals surface area contributed by atoms with Crippen molar-refractivity contribution in [2.75, 3.05) is 11.9 Å². The summed E-state index contributed by atoms with van der Waals surface area (Å²) in [4.78, 5) is 12.7. The smallest absolute Gasteiger partial charge is 0.193 e. The van der Waals surface area contributed by atoms with Crippen molar-refractivity contribution in [2.24, 2.45) is 0 Å². The van der Waals surface area contributed by atoms with Crippen LogP contribution in [0, 0.1) is 13.8 Å². The Bertz CT molecular complexity index is 673.